The highest BCUT2D eigenvalue weighted by Crippen LogP contribution is 2.36. The van der Waals surface area contributed by atoms with Crippen LogP contribution in [0.5, 0.6) is 0 Å². The van der Waals surface area contributed by atoms with Crippen LogP contribution >= 0.6 is 11.6 Å². The zero-order chi connectivity index (χ0) is 24.3. The Labute approximate surface area is 203 Å². The van der Waals surface area contributed by atoms with Crippen molar-refractivity contribution in [3.63, 3.8) is 0 Å². The molecule has 0 bridgehead atoms. The number of esters is 1. The Balaban J connectivity index is 1.41. The number of fused-ring (bicyclic) bond motifs is 1. The van der Waals surface area contributed by atoms with Crippen molar-refractivity contribution in [2.24, 2.45) is 0 Å². The SMILES string of the molecule is CC1Cc2ccccc2N1S(=O)(=O)c1cccc(C(=O)OCC(=O)NCc2ccc(Cl)cc2)c1. The molecule has 1 atom stereocenters. The van der Waals surface area contributed by atoms with Crippen LogP contribution in [0.2, 0.25) is 5.02 Å². The van der Waals surface area contributed by atoms with Gasteiger partial charge in [-0.15, -0.1) is 0 Å². The molecule has 7 nitrogen and oxygen atoms in total. The number of amides is 1. The molecule has 1 N–H and O–H groups in total. The average Bonchev–Trinajstić information content (AvgIpc) is 3.18. The molecule has 1 aliphatic heterocycles. The second-order valence-corrected chi connectivity index (χ2v) is 10.2. The standard InChI is InChI=1S/C25H23ClN2O5S/c1-17-13-19-5-2-3-8-23(19)28(17)34(31,32)22-7-4-6-20(14-22)25(30)33-16-24(29)27-15-18-9-11-21(26)12-10-18/h2-12,14,17H,13,15-16H2,1H3,(H,27,29). The molecule has 1 amide bonds. The number of halogens is 1. The Morgan fingerprint density at radius 1 is 1.06 bits per heavy atom. The predicted molar refractivity (Wildman–Crippen MR) is 129 cm³/mol. The summed E-state index contributed by atoms with van der Waals surface area (Å²) in [6, 6.07) is 19.7. The quantitative estimate of drug-likeness (QED) is 0.498. The highest BCUT2D eigenvalue weighted by molar-refractivity contribution is 7.92. The highest BCUT2D eigenvalue weighted by Gasteiger charge is 2.36. The molecule has 0 saturated carbocycles. The molecule has 1 unspecified atom stereocenters. The van der Waals surface area contributed by atoms with E-state index in [4.69, 9.17) is 16.3 Å². The van der Waals surface area contributed by atoms with Gasteiger partial charge in [0.1, 0.15) is 0 Å². The summed E-state index contributed by atoms with van der Waals surface area (Å²) >= 11 is 5.84. The van der Waals surface area contributed by atoms with Crippen molar-refractivity contribution in [3.05, 3.63) is 94.5 Å². The third kappa shape index (κ3) is 5.08. The molecular formula is C25H23ClN2O5S. The van der Waals surface area contributed by atoms with E-state index in [1.807, 2.05) is 19.1 Å². The van der Waals surface area contributed by atoms with Crippen molar-refractivity contribution in [2.45, 2.75) is 30.8 Å². The number of carbonyl (C=O) groups excluding carboxylic acids is 2. The fourth-order valence-electron chi connectivity index (χ4n) is 3.87. The van der Waals surface area contributed by atoms with Gasteiger partial charge in [0.25, 0.3) is 15.9 Å². The van der Waals surface area contributed by atoms with Gasteiger partial charge in [0.2, 0.25) is 0 Å². The van der Waals surface area contributed by atoms with E-state index >= 15 is 0 Å². The van der Waals surface area contributed by atoms with Crippen molar-refractivity contribution in [1.29, 1.82) is 0 Å². The Hall–Kier alpha value is -3.36. The molecule has 0 aromatic heterocycles. The first-order valence-electron chi connectivity index (χ1n) is 10.7. The molecule has 0 saturated heterocycles. The molecule has 9 heteroatoms. The van der Waals surface area contributed by atoms with Crippen molar-refractivity contribution in [2.75, 3.05) is 10.9 Å². The number of carbonyl (C=O) groups is 2. The van der Waals surface area contributed by atoms with Gasteiger partial charge in [-0.25, -0.2) is 13.2 Å². The summed E-state index contributed by atoms with van der Waals surface area (Å²) in [6.07, 6.45) is 0.613. The molecule has 1 aliphatic rings. The van der Waals surface area contributed by atoms with Crippen molar-refractivity contribution in [3.8, 4) is 0 Å². The van der Waals surface area contributed by atoms with Gasteiger partial charge >= 0.3 is 5.97 Å². The summed E-state index contributed by atoms with van der Waals surface area (Å²) < 4.78 is 33.3. The van der Waals surface area contributed by atoms with Crippen LogP contribution < -0.4 is 9.62 Å². The maximum absolute atomic E-state index is 13.4. The molecule has 3 aromatic carbocycles. The minimum absolute atomic E-state index is 0.0160. The van der Waals surface area contributed by atoms with E-state index < -0.39 is 28.5 Å². The molecule has 0 spiro atoms. The molecule has 34 heavy (non-hydrogen) atoms. The Kier molecular flexibility index (Phi) is 6.90. The largest absolute Gasteiger partial charge is 0.452 e. The number of sulfonamides is 1. The zero-order valence-electron chi connectivity index (χ0n) is 18.4. The second kappa shape index (κ2) is 9.87. The first-order chi connectivity index (χ1) is 16.3. The molecule has 3 aromatic rings. The van der Waals surface area contributed by atoms with E-state index in [1.54, 1.807) is 36.4 Å². The van der Waals surface area contributed by atoms with Crippen LogP contribution in [-0.4, -0.2) is 32.9 Å². The summed E-state index contributed by atoms with van der Waals surface area (Å²) in [6.45, 7) is 1.62. The van der Waals surface area contributed by atoms with Gasteiger partial charge in [-0.1, -0.05) is 48.0 Å². The van der Waals surface area contributed by atoms with Gasteiger partial charge in [-0.05, 0) is 60.9 Å². The van der Waals surface area contributed by atoms with Crippen LogP contribution in [-0.2, 0) is 32.5 Å². The smallest absolute Gasteiger partial charge is 0.338 e. The lowest BCUT2D eigenvalue weighted by Gasteiger charge is -2.24. The van der Waals surface area contributed by atoms with Gasteiger partial charge in [0.15, 0.2) is 6.61 Å². The summed E-state index contributed by atoms with van der Waals surface area (Å²) in [7, 11) is -3.89. The molecule has 0 aliphatic carbocycles. The number of para-hydroxylation sites is 1. The van der Waals surface area contributed by atoms with Crippen LogP contribution in [0.3, 0.4) is 0 Å². The third-order valence-electron chi connectivity index (χ3n) is 5.51. The number of hydrogen-bond donors (Lipinski definition) is 1. The fourth-order valence-corrected chi connectivity index (χ4v) is 5.73. The molecule has 176 valence electrons. The number of hydrogen-bond acceptors (Lipinski definition) is 5. The highest BCUT2D eigenvalue weighted by atomic mass is 35.5. The normalized spacial score (nSPS) is 15.0. The zero-order valence-corrected chi connectivity index (χ0v) is 20.0. The monoisotopic (exact) mass is 498 g/mol. The molecular weight excluding hydrogens is 476 g/mol. The van der Waals surface area contributed by atoms with Crippen molar-refractivity contribution in [1.82, 2.24) is 5.32 Å². The minimum atomic E-state index is -3.89. The van der Waals surface area contributed by atoms with E-state index in [2.05, 4.69) is 5.32 Å². The lowest BCUT2D eigenvalue weighted by atomic mass is 10.1. The van der Waals surface area contributed by atoms with Crippen molar-refractivity contribution >= 4 is 39.2 Å². The molecule has 4 rings (SSSR count). The van der Waals surface area contributed by atoms with Gasteiger partial charge in [-0.2, -0.15) is 0 Å². The molecule has 1 heterocycles. The number of nitrogens with one attached hydrogen (secondary N) is 1. The summed E-state index contributed by atoms with van der Waals surface area (Å²) in [5.41, 5.74) is 2.49. The third-order valence-corrected chi connectivity index (χ3v) is 7.68. The first kappa shape index (κ1) is 23.8. The fraction of sp³-hybridized carbons (Fsp3) is 0.200. The van der Waals surface area contributed by atoms with Crippen LogP contribution in [0.25, 0.3) is 0 Å². The van der Waals surface area contributed by atoms with Crippen LogP contribution in [0.15, 0.2) is 77.7 Å². The number of nitrogens with zero attached hydrogens (tertiary/aromatic N) is 1. The second-order valence-electron chi connectivity index (χ2n) is 7.99. The number of rotatable bonds is 7. The maximum Gasteiger partial charge on any atom is 0.338 e. The summed E-state index contributed by atoms with van der Waals surface area (Å²) in [5, 5.41) is 3.24. The topological polar surface area (TPSA) is 92.8 Å². The summed E-state index contributed by atoms with van der Waals surface area (Å²) in [4.78, 5) is 24.5. The maximum atomic E-state index is 13.4. The van der Waals surface area contributed by atoms with E-state index in [9.17, 15) is 18.0 Å². The van der Waals surface area contributed by atoms with Crippen LogP contribution in [0, 0.1) is 0 Å². The van der Waals surface area contributed by atoms with Gasteiger partial charge in [0, 0.05) is 17.6 Å². The van der Waals surface area contributed by atoms with Crippen molar-refractivity contribution < 1.29 is 22.7 Å². The summed E-state index contributed by atoms with van der Waals surface area (Å²) in [5.74, 6) is -1.26. The predicted octanol–water partition coefficient (Wildman–Crippen LogP) is 3.95. The van der Waals surface area contributed by atoms with Gasteiger partial charge in [0.05, 0.1) is 16.1 Å². The average molecular weight is 499 g/mol. The lowest BCUT2D eigenvalue weighted by Crippen LogP contribution is -2.35. The minimum Gasteiger partial charge on any atom is -0.452 e. The Morgan fingerprint density at radius 3 is 2.56 bits per heavy atom. The van der Waals surface area contributed by atoms with E-state index in [-0.39, 0.29) is 23.0 Å². The van der Waals surface area contributed by atoms with Gasteiger partial charge < -0.3 is 10.1 Å². The Bertz CT molecular complexity index is 1330. The lowest BCUT2D eigenvalue weighted by molar-refractivity contribution is -0.124. The molecule has 0 fully saturated rings. The van der Waals surface area contributed by atoms with Crippen LogP contribution in [0.4, 0.5) is 5.69 Å². The molecule has 0 radical (unpaired) electrons. The van der Waals surface area contributed by atoms with Crippen LogP contribution in [0.1, 0.15) is 28.4 Å². The Morgan fingerprint density at radius 2 is 1.79 bits per heavy atom. The number of benzene rings is 3. The first-order valence-corrected chi connectivity index (χ1v) is 12.5. The van der Waals surface area contributed by atoms with E-state index in [0.717, 1.165) is 11.1 Å². The van der Waals surface area contributed by atoms with Gasteiger partial charge in [-0.3, -0.25) is 9.10 Å². The number of anilines is 1. The van der Waals surface area contributed by atoms with E-state index in [0.29, 0.717) is 17.1 Å². The van der Waals surface area contributed by atoms with E-state index in [1.165, 1.54) is 28.6 Å². The number of ether oxygens (including phenoxy) is 1.